The van der Waals surface area contributed by atoms with Gasteiger partial charge in [0, 0.05) is 37.8 Å². The lowest BCUT2D eigenvalue weighted by Gasteiger charge is -2.35. The van der Waals surface area contributed by atoms with Crippen LogP contribution in [-0.2, 0) is 5.88 Å². The molecule has 0 N–H and O–H groups in total. The number of anilines is 1. The van der Waals surface area contributed by atoms with Crippen molar-refractivity contribution in [3.63, 3.8) is 0 Å². The molecule has 1 saturated heterocycles. The zero-order valence-corrected chi connectivity index (χ0v) is 12.8. The van der Waals surface area contributed by atoms with Gasteiger partial charge in [-0.05, 0) is 13.0 Å². The fraction of sp³-hybridized carbons (Fsp3) is 0.615. The second-order valence-corrected chi connectivity index (χ2v) is 6.04. The number of aromatic nitrogens is 2. The molecule has 0 saturated carbocycles. The van der Waals surface area contributed by atoms with Gasteiger partial charge < -0.3 is 4.90 Å². The van der Waals surface area contributed by atoms with Gasteiger partial charge in [-0.1, -0.05) is 6.92 Å². The molecule has 2 aromatic heterocycles. The van der Waals surface area contributed by atoms with Crippen molar-refractivity contribution in [2.75, 3.05) is 37.6 Å². The summed E-state index contributed by atoms with van der Waals surface area (Å²) in [6.07, 6.45) is 3.29. The van der Waals surface area contributed by atoms with E-state index < -0.39 is 0 Å². The Morgan fingerprint density at radius 1 is 1.32 bits per heavy atom. The predicted octanol–water partition coefficient (Wildman–Crippen LogP) is 2.67. The van der Waals surface area contributed by atoms with Crippen LogP contribution >= 0.6 is 22.9 Å². The molecular weight excluding hydrogens is 280 g/mol. The minimum absolute atomic E-state index is 0.516. The first kappa shape index (κ1) is 13.2. The summed E-state index contributed by atoms with van der Waals surface area (Å²) in [7, 11) is 0. The smallest absolute Gasteiger partial charge is 0.195 e. The molecule has 0 amide bonds. The first-order valence-corrected chi connectivity index (χ1v) is 8.22. The van der Waals surface area contributed by atoms with Crippen LogP contribution < -0.4 is 4.90 Å². The summed E-state index contributed by atoms with van der Waals surface area (Å²) in [5, 5.41) is 2.06. The van der Waals surface area contributed by atoms with Crippen LogP contribution in [0.3, 0.4) is 0 Å². The largest absolute Gasteiger partial charge is 0.352 e. The highest BCUT2D eigenvalue weighted by molar-refractivity contribution is 7.15. The van der Waals surface area contributed by atoms with E-state index >= 15 is 0 Å². The summed E-state index contributed by atoms with van der Waals surface area (Å²) in [6, 6.07) is 0. The van der Waals surface area contributed by atoms with Gasteiger partial charge >= 0.3 is 0 Å². The van der Waals surface area contributed by atoms with E-state index in [4.69, 9.17) is 16.6 Å². The Morgan fingerprint density at radius 3 is 2.79 bits per heavy atom. The predicted molar refractivity (Wildman–Crippen MR) is 81.6 cm³/mol. The van der Waals surface area contributed by atoms with E-state index in [1.807, 2.05) is 0 Å². The van der Waals surface area contributed by atoms with Crippen LogP contribution in [0.25, 0.3) is 4.96 Å². The maximum absolute atomic E-state index is 6.11. The maximum atomic E-state index is 6.11. The highest BCUT2D eigenvalue weighted by atomic mass is 35.5. The quantitative estimate of drug-likeness (QED) is 0.811. The Hall–Kier alpha value is -0.780. The molecule has 0 bridgehead atoms. The van der Waals surface area contributed by atoms with E-state index in [1.165, 1.54) is 13.0 Å². The number of piperazine rings is 1. The maximum Gasteiger partial charge on any atom is 0.195 e. The van der Waals surface area contributed by atoms with Crippen molar-refractivity contribution in [1.29, 1.82) is 0 Å². The Labute approximate surface area is 122 Å². The van der Waals surface area contributed by atoms with Gasteiger partial charge in [0.2, 0.25) is 0 Å². The van der Waals surface area contributed by atoms with Crippen molar-refractivity contribution in [2.45, 2.75) is 19.2 Å². The third-order valence-corrected chi connectivity index (χ3v) is 4.69. The van der Waals surface area contributed by atoms with E-state index in [0.29, 0.717) is 5.88 Å². The molecule has 19 heavy (non-hydrogen) atoms. The van der Waals surface area contributed by atoms with Crippen molar-refractivity contribution in [3.05, 3.63) is 17.3 Å². The number of halogens is 1. The highest BCUT2D eigenvalue weighted by Gasteiger charge is 2.22. The van der Waals surface area contributed by atoms with Crippen molar-refractivity contribution < 1.29 is 0 Å². The molecule has 6 heteroatoms. The second-order valence-electron chi connectivity index (χ2n) is 4.90. The summed E-state index contributed by atoms with van der Waals surface area (Å²) in [4.78, 5) is 10.7. The van der Waals surface area contributed by atoms with Crippen LogP contribution in [0.15, 0.2) is 11.6 Å². The third kappa shape index (κ3) is 2.47. The molecule has 3 rings (SSSR count). The van der Waals surface area contributed by atoms with Crippen molar-refractivity contribution in [1.82, 2.24) is 14.3 Å². The molecule has 0 radical (unpaired) electrons. The van der Waals surface area contributed by atoms with Gasteiger partial charge in [0.05, 0.1) is 11.6 Å². The number of thiazole rings is 1. The number of alkyl halides is 1. The van der Waals surface area contributed by atoms with Crippen LogP contribution in [0.4, 0.5) is 5.82 Å². The molecule has 3 heterocycles. The van der Waals surface area contributed by atoms with Crippen LogP contribution in [0.5, 0.6) is 0 Å². The van der Waals surface area contributed by atoms with Crippen LogP contribution in [0.1, 0.15) is 19.0 Å². The summed E-state index contributed by atoms with van der Waals surface area (Å²) < 4.78 is 2.12. The molecule has 0 spiro atoms. The van der Waals surface area contributed by atoms with E-state index in [1.54, 1.807) is 11.3 Å². The summed E-state index contributed by atoms with van der Waals surface area (Å²) in [5.74, 6) is 1.60. The van der Waals surface area contributed by atoms with Gasteiger partial charge in [0.25, 0.3) is 0 Å². The highest BCUT2D eigenvalue weighted by Crippen LogP contribution is 2.26. The van der Waals surface area contributed by atoms with E-state index in [-0.39, 0.29) is 0 Å². The number of nitrogens with zero attached hydrogens (tertiary/aromatic N) is 4. The van der Waals surface area contributed by atoms with Crippen LogP contribution in [0.2, 0.25) is 0 Å². The summed E-state index contributed by atoms with van der Waals surface area (Å²) >= 11 is 7.78. The Kier molecular flexibility index (Phi) is 3.96. The Balaban J connectivity index is 1.79. The minimum atomic E-state index is 0.516. The lowest BCUT2D eigenvalue weighted by Crippen LogP contribution is -2.47. The van der Waals surface area contributed by atoms with Crippen LogP contribution in [0, 0.1) is 0 Å². The molecule has 1 aliphatic rings. The normalized spacial score (nSPS) is 17.5. The average molecular weight is 299 g/mol. The standard InChI is InChI=1S/C13H19ClN4S/c1-2-3-16-4-6-17(7-5-16)12-11(10-14)18-8-9-19-13(18)15-12/h8-9H,2-7,10H2,1H3. The topological polar surface area (TPSA) is 23.8 Å². The van der Waals surface area contributed by atoms with Gasteiger partial charge in [-0.15, -0.1) is 22.9 Å². The SMILES string of the molecule is CCCN1CCN(c2nc3sccn3c2CCl)CC1. The summed E-state index contributed by atoms with van der Waals surface area (Å²) in [6.45, 7) is 7.79. The fourth-order valence-corrected chi connectivity index (χ4v) is 3.67. The zero-order chi connectivity index (χ0) is 13.2. The number of rotatable bonds is 4. The lowest BCUT2D eigenvalue weighted by molar-refractivity contribution is 0.258. The van der Waals surface area contributed by atoms with Gasteiger partial charge in [-0.3, -0.25) is 9.30 Å². The molecule has 1 aliphatic heterocycles. The molecule has 0 unspecified atom stereocenters. The first-order chi connectivity index (χ1) is 9.33. The lowest BCUT2D eigenvalue weighted by atomic mass is 10.3. The van der Waals surface area contributed by atoms with Gasteiger partial charge in [-0.2, -0.15) is 0 Å². The molecule has 2 aromatic rings. The first-order valence-electron chi connectivity index (χ1n) is 6.81. The van der Waals surface area contributed by atoms with Crippen molar-refractivity contribution >= 4 is 33.7 Å². The van der Waals surface area contributed by atoms with Gasteiger partial charge in [0.1, 0.15) is 0 Å². The van der Waals surface area contributed by atoms with Crippen LogP contribution in [-0.4, -0.2) is 47.0 Å². The van der Waals surface area contributed by atoms with Crippen molar-refractivity contribution in [3.8, 4) is 0 Å². The fourth-order valence-electron chi connectivity index (χ4n) is 2.70. The summed E-state index contributed by atoms with van der Waals surface area (Å²) in [5.41, 5.74) is 1.13. The molecule has 0 aliphatic carbocycles. The molecule has 4 nitrogen and oxygen atoms in total. The number of hydrogen-bond acceptors (Lipinski definition) is 4. The van der Waals surface area contributed by atoms with Gasteiger partial charge in [-0.25, -0.2) is 4.98 Å². The van der Waals surface area contributed by atoms with E-state index in [2.05, 4.69) is 32.7 Å². The van der Waals surface area contributed by atoms with E-state index in [0.717, 1.165) is 42.7 Å². The van der Waals surface area contributed by atoms with Gasteiger partial charge in [0.15, 0.2) is 10.8 Å². The second kappa shape index (κ2) is 5.69. The molecule has 0 aromatic carbocycles. The minimum Gasteiger partial charge on any atom is -0.352 e. The average Bonchev–Trinajstić information content (AvgIpc) is 3.00. The molecule has 104 valence electrons. The third-order valence-electron chi connectivity index (χ3n) is 3.68. The molecular formula is C13H19ClN4S. The molecule has 1 fully saturated rings. The monoisotopic (exact) mass is 298 g/mol. The number of hydrogen-bond donors (Lipinski definition) is 0. The molecule has 0 atom stereocenters. The Morgan fingerprint density at radius 2 is 2.11 bits per heavy atom. The van der Waals surface area contributed by atoms with E-state index in [9.17, 15) is 0 Å². The number of imidazole rings is 1. The van der Waals surface area contributed by atoms with Crippen molar-refractivity contribution in [2.24, 2.45) is 0 Å². The Bertz CT molecular complexity index is 542. The zero-order valence-electron chi connectivity index (χ0n) is 11.2. The number of fused-ring (bicyclic) bond motifs is 1.